The van der Waals surface area contributed by atoms with Crippen LogP contribution in [0.2, 0.25) is 0 Å². The molecule has 1 unspecified atom stereocenters. The molecule has 1 aliphatic heterocycles. The molecule has 0 saturated heterocycles. The Hall–Kier alpha value is -2.83. The normalized spacial score (nSPS) is 17.5. The Morgan fingerprint density at radius 1 is 1.16 bits per heavy atom. The molecule has 0 aromatic heterocycles. The molecule has 0 saturated carbocycles. The van der Waals surface area contributed by atoms with Gasteiger partial charge in [-0.25, -0.2) is 0 Å². The number of hydrogen-bond acceptors (Lipinski definition) is 2. The first-order valence-corrected chi connectivity index (χ1v) is 7.67. The van der Waals surface area contributed by atoms with Crippen LogP contribution in [0, 0.1) is 0 Å². The predicted octanol–water partition coefficient (Wildman–Crippen LogP) is 4.08. The largest absolute Gasteiger partial charge is 0.416 e. The maximum Gasteiger partial charge on any atom is 0.416 e. The fourth-order valence-corrected chi connectivity index (χ4v) is 2.86. The van der Waals surface area contributed by atoms with Crippen molar-refractivity contribution < 1.29 is 22.8 Å². The summed E-state index contributed by atoms with van der Waals surface area (Å²) in [4.78, 5) is 26.2. The predicted molar refractivity (Wildman–Crippen MR) is 87.4 cm³/mol. The van der Waals surface area contributed by atoms with Crippen LogP contribution < -0.4 is 10.2 Å². The van der Waals surface area contributed by atoms with E-state index in [1.165, 1.54) is 17.0 Å². The van der Waals surface area contributed by atoms with Crippen LogP contribution in [-0.4, -0.2) is 17.9 Å². The number of benzene rings is 2. The van der Waals surface area contributed by atoms with E-state index in [4.69, 9.17) is 0 Å². The fraction of sp³-hybridized carbons (Fsp3) is 0.222. The van der Waals surface area contributed by atoms with E-state index in [0.29, 0.717) is 11.4 Å². The monoisotopic (exact) mass is 348 g/mol. The highest BCUT2D eigenvalue weighted by atomic mass is 19.4. The van der Waals surface area contributed by atoms with Crippen LogP contribution in [-0.2, 0) is 11.0 Å². The summed E-state index contributed by atoms with van der Waals surface area (Å²) in [6.07, 6.45) is -4.48. The molecular formula is C18H15F3N2O2. The Labute approximate surface area is 142 Å². The molecule has 130 valence electrons. The third-order valence-electron chi connectivity index (χ3n) is 4.01. The smallest absolute Gasteiger partial charge is 0.324 e. The number of amides is 2. The molecule has 0 radical (unpaired) electrons. The van der Waals surface area contributed by atoms with Gasteiger partial charge >= 0.3 is 6.18 Å². The molecule has 0 aliphatic carbocycles. The Morgan fingerprint density at radius 3 is 2.60 bits per heavy atom. The molecule has 4 nitrogen and oxygen atoms in total. The number of nitrogens with one attached hydrogen (secondary N) is 1. The second-order valence-corrected chi connectivity index (χ2v) is 5.87. The van der Waals surface area contributed by atoms with Gasteiger partial charge in [0.1, 0.15) is 0 Å². The van der Waals surface area contributed by atoms with Crippen LogP contribution in [0.15, 0.2) is 48.5 Å². The highest BCUT2D eigenvalue weighted by Gasteiger charge is 2.33. The van der Waals surface area contributed by atoms with E-state index in [0.717, 1.165) is 12.1 Å². The van der Waals surface area contributed by atoms with Gasteiger partial charge in [-0.15, -0.1) is 0 Å². The number of hydrogen-bond donors (Lipinski definition) is 1. The molecule has 25 heavy (non-hydrogen) atoms. The van der Waals surface area contributed by atoms with Gasteiger partial charge in [0.25, 0.3) is 5.91 Å². The zero-order chi connectivity index (χ0) is 18.2. The van der Waals surface area contributed by atoms with Crippen molar-refractivity contribution >= 4 is 23.2 Å². The number of alkyl halides is 3. The molecule has 3 rings (SSSR count). The molecule has 1 heterocycles. The minimum atomic E-state index is -4.53. The van der Waals surface area contributed by atoms with E-state index in [2.05, 4.69) is 5.32 Å². The Bertz CT molecular complexity index is 833. The van der Waals surface area contributed by atoms with E-state index in [1.807, 2.05) is 0 Å². The SMILES string of the molecule is CC1CC(=O)Nc2ccccc2N1C(=O)c1cccc(C(F)(F)F)c1. The quantitative estimate of drug-likeness (QED) is 0.844. The average molecular weight is 348 g/mol. The van der Waals surface area contributed by atoms with Crippen LogP contribution in [0.4, 0.5) is 24.5 Å². The lowest BCUT2D eigenvalue weighted by Crippen LogP contribution is -2.39. The van der Waals surface area contributed by atoms with Gasteiger partial charge in [0, 0.05) is 18.0 Å². The van der Waals surface area contributed by atoms with Crippen LogP contribution in [0.5, 0.6) is 0 Å². The maximum absolute atomic E-state index is 12.9. The Kier molecular flexibility index (Phi) is 4.24. The van der Waals surface area contributed by atoms with Gasteiger partial charge in [-0.3, -0.25) is 9.59 Å². The van der Waals surface area contributed by atoms with Crippen molar-refractivity contribution in [1.29, 1.82) is 0 Å². The minimum absolute atomic E-state index is 0.0549. The summed E-state index contributed by atoms with van der Waals surface area (Å²) in [6.45, 7) is 1.69. The zero-order valence-corrected chi connectivity index (χ0v) is 13.3. The minimum Gasteiger partial charge on any atom is -0.324 e. The van der Waals surface area contributed by atoms with Crippen LogP contribution in [0.3, 0.4) is 0 Å². The molecule has 1 aliphatic rings. The van der Waals surface area contributed by atoms with E-state index >= 15 is 0 Å². The number of rotatable bonds is 1. The third kappa shape index (κ3) is 3.35. The molecule has 0 bridgehead atoms. The van der Waals surface area contributed by atoms with Gasteiger partial charge < -0.3 is 10.2 Å². The number of fused-ring (bicyclic) bond motifs is 1. The summed E-state index contributed by atoms with van der Waals surface area (Å²) in [7, 11) is 0. The lowest BCUT2D eigenvalue weighted by molar-refractivity contribution is -0.137. The lowest BCUT2D eigenvalue weighted by atomic mass is 10.1. The average Bonchev–Trinajstić information content (AvgIpc) is 2.68. The van der Waals surface area contributed by atoms with Crippen LogP contribution in [0.1, 0.15) is 29.3 Å². The fourth-order valence-electron chi connectivity index (χ4n) is 2.86. The molecule has 2 aromatic carbocycles. The van der Waals surface area contributed by atoms with Crippen LogP contribution >= 0.6 is 0 Å². The molecule has 0 fully saturated rings. The molecule has 2 aromatic rings. The topological polar surface area (TPSA) is 49.4 Å². The van der Waals surface area contributed by atoms with Gasteiger partial charge in [0.2, 0.25) is 5.91 Å². The van der Waals surface area contributed by atoms with E-state index in [-0.39, 0.29) is 17.9 Å². The first-order valence-electron chi connectivity index (χ1n) is 7.67. The van der Waals surface area contributed by atoms with Crippen molar-refractivity contribution in [3.05, 3.63) is 59.7 Å². The van der Waals surface area contributed by atoms with Gasteiger partial charge in [0.05, 0.1) is 16.9 Å². The van der Waals surface area contributed by atoms with Crippen LogP contribution in [0.25, 0.3) is 0 Å². The van der Waals surface area contributed by atoms with Crippen molar-refractivity contribution in [2.24, 2.45) is 0 Å². The maximum atomic E-state index is 12.9. The van der Waals surface area contributed by atoms with Gasteiger partial charge in [-0.1, -0.05) is 18.2 Å². The van der Waals surface area contributed by atoms with Crippen molar-refractivity contribution in [3.8, 4) is 0 Å². The number of anilines is 2. The second-order valence-electron chi connectivity index (χ2n) is 5.87. The molecule has 1 N–H and O–H groups in total. The van der Waals surface area contributed by atoms with Crippen molar-refractivity contribution in [2.75, 3.05) is 10.2 Å². The van der Waals surface area contributed by atoms with Crippen molar-refractivity contribution in [2.45, 2.75) is 25.6 Å². The van der Waals surface area contributed by atoms with Crippen molar-refractivity contribution in [3.63, 3.8) is 0 Å². The van der Waals surface area contributed by atoms with E-state index in [1.54, 1.807) is 31.2 Å². The molecule has 1 atom stereocenters. The molecule has 2 amide bonds. The highest BCUT2D eigenvalue weighted by Crippen LogP contribution is 2.34. The molecule has 7 heteroatoms. The molecule has 0 spiro atoms. The van der Waals surface area contributed by atoms with E-state index in [9.17, 15) is 22.8 Å². The third-order valence-corrected chi connectivity index (χ3v) is 4.01. The summed E-state index contributed by atoms with van der Waals surface area (Å²) < 4.78 is 38.8. The second kappa shape index (κ2) is 6.23. The van der Waals surface area contributed by atoms with Gasteiger partial charge in [-0.2, -0.15) is 13.2 Å². The number of para-hydroxylation sites is 2. The first-order chi connectivity index (χ1) is 11.8. The highest BCUT2D eigenvalue weighted by molar-refractivity contribution is 6.11. The lowest BCUT2D eigenvalue weighted by Gasteiger charge is -2.28. The zero-order valence-electron chi connectivity index (χ0n) is 13.3. The summed E-state index contributed by atoms with van der Waals surface area (Å²) in [5.41, 5.74) is -0.0467. The van der Waals surface area contributed by atoms with E-state index < -0.39 is 23.7 Å². The first kappa shape index (κ1) is 17.0. The summed E-state index contributed by atoms with van der Waals surface area (Å²) in [5, 5.41) is 2.71. The van der Waals surface area contributed by atoms with Crippen molar-refractivity contribution in [1.82, 2.24) is 0 Å². The van der Waals surface area contributed by atoms with Gasteiger partial charge in [-0.05, 0) is 37.3 Å². The summed E-state index contributed by atoms with van der Waals surface area (Å²) in [5.74, 6) is -0.832. The van der Waals surface area contributed by atoms with Gasteiger partial charge in [0.15, 0.2) is 0 Å². The summed E-state index contributed by atoms with van der Waals surface area (Å²) >= 11 is 0. The molecular weight excluding hydrogens is 333 g/mol. The Morgan fingerprint density at radius 2 is 1.88 bits per heavy atom. The number of nitrogens with zero attached hydrogens (tertiary/aromatic N) is 1. The number of carbonyl (C=O) groups excluding carboxylic acids is 2. The Balaban J connectivity index is 2.05. The number of halogens is 3. The standard InChI is InChI=1S/C18H15F3N2O2/c1-11-9-16(24)22-14-7-2-3-8-15(14)23(11)17(25)12-5-4-6-13(10-12)18(19,20)21/h2-8,10-11H,9H2,1H3,(H,22,24). The summed E-state index contributed by atoms with van der Waals surface area (Å²) in [6, 6.07) is 10.5. The number of carbonyl (C=O) groups is 2.